The number of rotatable bonds is 8. The minimum Gasteiger partial charge on any atom is -0.491 e. The Morgan fingerprint density at radius 1 is 0.931 bits per heavy atom. The van der Waals surface area contributed by atoms with Crippen molar-refractivity contribution in [1.29, 1.82) is 0 Å². The molecule has 2 heterocycles. The first-order valence-electron chi connectivity index (χ1n) is 10.0. The molecule has 0 amide bonds. The predicted octanol–water partition coefficient (Wildman–Crippen LogP) is 4.47. The van der Waals surface area contributed by atoms with Gasteiger partial charge in [-0.05, 0) is 61.7 Å². The second-order valence-electron chi connectivity index (χ2n) is 7.96. The summed E-state index contributed by atoms with van der Waals surface area (Å²) in [5, 5.41) is 0. The van der Waals surface area contributed by atoms with Gasteiger partial charge in [-0.1, -0.05) is 30.4 Å². The average molecular weight is 396 g/mol. The summed E-state index contributed by atoms with van der Waals surface area (Å²) in [7, 11) is 0. The molecule has 4 rings (SSSR count). The van der Waals surface area contributed by atoms with Crippen LogP contribution in [0.1, 0.15) is 30.5 Å². The van der Waals surface area contributed by atoms with E-state index in [1.165, 1.54) is 0 Å². The molecule has 2 saturated heterocycles. The van der Waals surface area contributed by atoms with Crippen LogP contribution < -0.4 is 9.47 Å². The molecule has 154 valence electrons. The Morgan fingerprint density at radius 3 is 2.28 bits per heavy atom. The van der Waals surface area contributed by atoms with Crippen molar-refractivity contribution < 1.29 is 23.7 Å². The summed E-state index contributed by atoms with van der Waals surface area (Å²) >= 11 is 0. The highest BCUT2D eigenvalue weighted by atomic mass is 16.7. The second-order valence-corrected chi connectivity index (χ2v) is 7.96. The molecule has 0 aromatic heterocycles. The fourth-order valence-electron chi connectivity index (χ4n) is 3.19. The standard InChI is InChI=1S/C24H28O5/c1-17-12-19(8-11-23(17)27-15-22-16-28-24(2,3)29-22)5-4-18-6-9-20(10-7-18)25-13-21-14-26-21/h4-12,21-22H,13-16H2,1-3H3/b5-4-/t21-,22-/m0/s1. The molecule has 0 spiro atoms. The number of hydrogen-bond donors (Lipinski definition) is 0. The first-order valence-corrected chi connectivity index (χ1v) is 10.0. The third kappa shape index (κ3) is 5.82. The Bertz CT molecular complexity index is 852. The maximum absolute atomic E-state index is 5.94. The fraction of sp³-hybridized carbons (Fsp3) is 0.417. The van der Waals surface area contributed by atoms with Gasteiger partial charge in [0.25, 0.3) is 0 Å². The second kappa shape index (κ2) is 8.57. The van der Waals surface area contributed by atoms with Crippen molar-refractivity contribution in [3.63, 3.8) is 0 Å². The summed E-state index contributed by atoms with van der Waals surface area (Å²) in [5.74, 6) is 1.22. The van der Waals surface area contributed by atoms with E-state index in [0.29, 0.717) is 19.8 Å². The largest absolute Gasteiger partial charge is 0.491 e. The Morgan fingerprint density at radius 2 is 1.62 bits per heavy atom. The minimum absolute atomic E-state index is 0.0345. The van der Waals surface area contributed by atoms with E-state index in [0.717, 1.165) is 34.8 Å². The summed E-state index contributed by atoms with van der Waals surface area (Å²) in [6.07, 6.45) is 4.43. The minimum atomic E-state index is -0.520. The van der Waals surface area contributed by atoms with Crippen LogP contribution in [0.5, 0.6) is 11.5 Å². The third-order valence-corrected chi connectivity index (χ3v) is 4.88. The van der Waals surface area contributed by atoms with E-state index in [1.807, 2.05) is 32.0 Å². The highest BCUT2D eigenvalue weighted by Crippen LogP contribution is 2.25. The molecule has 2 aliphatic heterocycles. The molecule has 0 radical (unpaired) electrons. The van der Waals surface area contributed by atoms with Crippen molar-refractivity contribution in [2.24, 2.45) is 0 Å². The number of epoxide rings is 1. The zero-order valence-electron chi connectivity index (χ0n) is 17.2. The van der Waals surface area contributed by atoms with E-state index in [-0.39, 0.29) is 12.2 Å². The molecule has 2 aromatic rings. The molecular weight excluding hydrogens is 368 g/mol. The van der Waals surface area contributed by atoms with Crippen LogP contribution in [0.3, 0.4) is 0 Å². The van der Waals surface area contributed by atoms with Crippen molar-refractivity contribution in [1.82, 2.24) is 0 Å². The molecule has 0 aliphatic carbocycles. The lowest BCUT2D eigenvalue weighted by molar-refractivity contribution is -0.141. The quantitative estimate of drug-likeness (QED) is 0.487. The van der Waals surface area contributed by atoms with E-state index in [9.17, 15) is 0 Å². The lowest BCUT2D eigenvalue weighted by Crippen LogP contribution is -2.25. The summed E-state index contributed by atoms with van der Waals surface area (Å²) in [6, 6.07) is 14.3. The van der Waals surface area contributed by atoms with Gasteiger partial charge in [0, 0.05) is 0 Å². The van der Waals surface area contributed by atoms with Gasteiger partial charge in [-0.2, -0.15) is 0 Å². The number of aryl methyl sites for hydroxylation is 1. The maximum atomic E-state index is 5.94. The molecule has 2 fully saturated rings. The van der Waals surface area contributed by atoms with Crippen LogP contribution in [-0.2, 0) is 14.2 Å². The molecule has 0 N–H and O–H groups in total. The fourth-order valence-corrected chi connectivity index (χ4v) is 3.19. The van der Waals surface area contributed by atoms with Crippen molar-refractivity contribution in [3.8, 4) is 11.5 Å². The van der Waals surface area contributed by atoms with Gasteiger partial charge < -0.3 is 23.7 Å². The maximum Gasteiger partial charge on any atom is 0.163 e. The molecule has 2 aromatic carbocycles. The van der Waals surface area contributed by atoms with Gasteiger partial charge in [0.15, 0.2) is 5.79 Å². The van der Waals surface area contributed by atoms with E-state index in [2.05, 4.69) is 43.3 Å². The highest BCUT2D eigenvalue weighted by Gasteiger charge is 2.33. The lowest BCUT2D eigenvalue weighted by Gasteiger charge is -2.17. The molecule has 0 unspecified atom stereocenters. The number of ether oxygens (including phenoxy) is 5. The highest BCUT2D eigenvalue weighted by molar-refractivity contribution is 5.70. The Balaban J connectivity index is 1.30. The van der Waals surface area contributed by atoms with Crippen molar-refractivity contribution in [2.75, 3.05) is 26.4 Å². The SMILES string of the molecule is Cc1cc(/C=C\c2ccc(OC[C@H]3CO3)cc2)ccc1OC[C@H]1COC(C)(C)O1. The van der Waals surface area contributed by atoms with Crippen LogP contribution >= 0.6 is 0 Å². The summed E-state index contributed by atoms with van der Waals surface area (Å²) in [5.41, 5.74) is 3.35. The Hall–Kier alpha value is -2.34. The zero-order chi connectivity index (χ0) is 20.3. The number of benzene rings is 2. The molecule has 2 atom stereocenters. The summed E-state index contributed by atoms with van der Waals surface area (Å²) < 4.78 is 28.1. The van der Waals surface area contributed by atoms with Gasteiger partial charge >= 0.3 is 0 Å². The van der Waals surface area contributed by atoms with Gasteiger partial charge in [-0.3, -0.25) is 0 Å². The lowest BCUT2D eigenvalue weighted by atomic mass is 10.1. The topological polar surface area (TPSA) is 49.5 Å². The first kappa shape index (κ1) is 20.0. The molecule has 0 bridgehead atoms. The van der Waals surface area contributed by atoms with E-state index < -0.39 is 5.79 Å². The van der Waals surface area contributed by atoms with Crippen molar-refractivity contribution in [3.05, 3.63) is 59.2 Å². The smallest absolute Gasteiger partial charge is 0.163 e. The van der Waals surface area contributed by atoms with E-state index >= 15 is 0 Å². The molecule has 5 heteroatoms. The van der Waals surface area contributed by atoms with Gasteiger partial charge in [0.1, 0.15) is 36.9 Å². The molecule has 0 saturated carbocycles. The molecular formula is C24H28O5. The van der Waals surface area contributed by atoms with E-state index in [4.69, 9.17) is 23.7 Å². The van der Waals surface area contributed by atoms with Crippen molar-refractivity contribution in [2.45, 2.75) is 38.8 Å². The van der Waals surface area contributed by atoms with Crippen LogP contribution in [0.4, 0.5) is 0 Å². The Labute approximate surface area is 172 Å². The van der Waals surface area contributed by atoms with Gasteiger partial charge in [0.2, 0.25) is 0 Å². The van der Waals surface area contributed by atoms with Gasteiger partial charge in [0.05, 0.1) is 13.2 Å². The predicted molar refractivity (Wildman–Crippen MR) is 112 cm³/mol. The molecule has 29 heavy (non-hydrogen) atoms. The van der Waals surface area contributed by atoms with Crippen LogP contribution in [0.2, 0.25) is 0 Å². The van der Waals surface area contributed by atoms with Gasteiger partial charge in [-0.25, -0.2) is 0 Å². The monoisotopic (exact) mass is 396 g/mol. The Kier molecular flexibility index (Phi) is 5.90. The van der Waals surface area contributed by atoms with E-state index in [1.54, 1.807) is 0 Å². The average Bonchev–Trinajstić information content (AvgIpc) is 3.47. The van der Waals surface area contributed by atoms with Crippen LogP contribution in [0.15, 0.2) is 42.5 Å². The van der Waals surface area contributed by atoms with Crippen LogP contribution in [0, 0.1) is 6.92 Å². The first-order chi connectivity index (χ1) is 14.0. The van der Waals surface area contributed by atoms with Crippen molar-refractivity contribution >= 4 is 12.2 Å². The van der Waals surface area contributed by atoms with Crippen LogP contribution in [0.25, 0.3) is 12.2 Å². The number of hydrogen-bond acceptors (Lipinski definition) is 5. The third-order valence-electron chi connectivity index (χ3n) is 4.88. The normalized spacial score (nSPS) is 22.7. The zero-order valence-corrected chi connectivity index (χ0v) is 17.2. The molecule has 2 aliphatic rings. The summed E-state index contributed by atoms with van der Waals surface area (Å²) in [4.78, 5) is 0. The van der Waals surface area contributed by atoms with Gasteiger partial charge in [-0.15, -0.1) is 0 Å². The van der Waals surface area contributed by atoms with Crippen LogP contribution in [-0.4, -0.2) is 44.4 Å². The molecule has 5 nitrogen and oxygen atoms in total. The summed E-state index contributed by atoms with van der Waals surface area (Å²) in [6.45, 7) is 8.38.